The summed E-state index contributed by atoms with van der Waals surface area (Å²) in [6.45, 7) is 3.18. The number of piperidine rings is 1. The molecule has 0 aliphatic carbocycles. The van der Waals surface area contributed by atoms with Crippen LogP contribution in [-0.2, 0) is 10.0 Å². The van der Waals surface area contributed by atoms with Gasteiger partial charge in [-0.25, -0.2) is 8.42 Å². The molecule has 1 aliphatic rings. The Hall–Kier alpha value is -0.660. The number of sulfonamides is 1. The average molecular weight is 374 g/mol. The highest BCUT2D eigenvalue weighted by Crippen LogP contribution is 2.23. The molecule has 1 fully saturated rings. The predicted octanol–water partition coefficient (Wildman–Crippen LogP) is 2.38. The second-order valence-corrected chi connectivity index (χ2v) is 9.12. The smallest absolute Gasteiger partial charge is 0.243 e. The van der Waals surface area contributed by atoms with Gasteiger partial charge >= 0.3 is 0 Å². The molecule has 0 radical (unpaired) electrons. The molecule has 1 aromatic carbocycles. The maximum absolute atomic E-state index is 12.8. The first-order valence-corrected chi connectivity index (χ1v) is 10.2. The summed E-state index contributed by atoms with van der Waals surface area (Å²) in [4.78, 5) is 4.79. The summed E-state index contributed by atoms with van der Waals surface area (Å²) in [5.41, 5.74) is 0. The SMILES string of the molecule is CN(C)CCCN(C)C1CCCN(S(=O)(=O)c2ccc(Cl)cc2)C1. The lowest BCUT2D eigenvalue weighted by molar-refractivity contribution is 0.158. The van der Waals surface area contributed by atoms with E-state index in [1.165, 1.54) is 0 Å². The third kappa shape index (κ3) is 5.17. The highest BCUT2D eigenvalue weighted by molar-refractivity contribution is 7.89. The number of hydrogen-bond donors (Lipinski definition) is 0. The fraction of sp³-hybridized carbons (Fsp3) is 0.647. The number of nitrogens with zero attached hydrogens (tertiary/aromatic N) is 3. The van der Waals surface area contributed by atoms with E-state index in [2.05, 4.69) is 30.9 Å². The molecular formula is C17H28ClN3O2S. The molecule has 1 saturated heterocycles. The average Bonchev–Trinajstić information content (AvgIpc) is 2.55. The van der Waals surface area contributed by atoms with Crippen LogP contribution in [0.4, 0.5) is 0 Å². The molecule has 2 rings (SSSR count). The lowest BCUT2D eigenvalue weighted by Crippen LogP contribution is -2.48. The lowest BCUT2D eigenvalue weighted by atomic mass is 10.1. The Morgan fingerprint density at radius 3 is 2.46 bits per heavy atom. The molecule has 136 valence electrons. The maximum Gasteiger partial charge on any atom is 0.243 e. The zero-order valence-corrected chi connectivity index (χ0v) is 16.4. The van der Waals surface area contributed by atoms with Gasteiger partial charge in [-0.1, -0.05) is 11.6 Å². The van der Waals surface area contributed by atoms with Gasteiger partial charge in [0.2, 0.25) is 10.0 Å². The van der Waals surface area contributed by atoms with Gasteiger partial charge < -0.3 is 9.80 Å². The maximum atomic E-state index is 12.8. The molecule has 1 heterocycles. The zero-order chi connectivity index (χ0) is 17.7. The summed E-state index contributed by atoms with van der Waals surface area (Å²) in [6.07, 6.45) is 3.03. The molecular weight excluding hydrogens is 346 g/mol. The first kappa shape index (κ1) is 19.7. The van der Waals surface area contributed by atoms with Crippen LogP contribution < -0.4 is 0 Å². The third-order valence-electron chi connectivity index (χ3n) is 4.55. The van der Waals surface area contributed by atoms with Crippen molar-refractivity contribution < 1.29 is 8.42 Å². The van der Waals surface area contributed by atoms with Crippen molar-refractivity contribution in [2.45, 2.75) is 30.2 Å². The molecule has 5 nitrogen and oxygen atoms in total. The molecule has 1 unspecified atom stereocenters. The first-order valence-electron chi connectivity index (χ1n) is 8.41. The van der Waals surface area contributed by atoms with Crippen molar-refractivity contribution in [2.75, 3.05) is 47.3 Å². The Balaban J connectivity index is 2.00. The standard InChI is InChI=1S/C17H28ClN3O2S/c1-19(2)11-5-12-20(3)16-6-4-13-21(14-16)24(22,23)17-9-7-15(18)8-10-17/h7-10,16H,4-6,11-14H2,1-3H3. The second kappa shape index (κ2) is 8.63. The summed E-state index contributed by atoms with van der Waals surface area (Å²) < 4.78 is 27.3. The summed E-state index contributed by atoms with van der Waals surface area (Å²) >= 11 is 5.86. The van der Waals surface area contributed by atoms with E-state index in [0.29, 0.717) is 23.0 Å². The van der Waals surface area contributed by atoms with Crippen molar-refractivity contribution in [3.05, 3.63) is 29.3 Å². The Morgan fingerprint density at radius 1 is 1.17 bits per heavy atom. The minimum absolute atomic E-state index is 0.281. The number of rotatable bonds is 7. The van der Waals surface area contributed by atoms with Crippen LogP contribution in [0.3, 0.4) is 0 Å². The lowest BCUT2D eigenvalue weighted by Gasteiger charge is -2.37. The second-order valence-electron chi connectivity index (χ2n) is 6.75. The van der Waals surface area contributed by atoms with Gasteiger partial charge in [0, 0.05) is 24.2 Å². The highest BCUT2D eigenvalue weighted by atomic mass is 35.5. The van der Waals surface area contributed by atoms with Crippen LogP contribution in [-0.4, -0.2) is 75.9 Å². The minimum atomic E-state index is -3.44. The van der Waals surface area contributed by atoms with Gasteiger partial charge in [0.15, 0.2) is 0 Å². The van der Waals surface area contributed by atoms with Gasteiger partial charge in [-0.3, -0.25) is 0 Å². The molecule has 24 heavy (non-hydrogen) atoms. The fourth-order valence-electron chi connectivity index (χ4n) is 3.07. The van der Waals surface area contributed by atoms with Crippen molar-refractivity contribution in [1.82, 2.24) is 14.1 Å². The first-order chi connectivity index (χ1) is 11.3. The Morgan fingerprint density at radius 2 is 1.83 bits per heavy atom. The monoisotopic (exact) mass is 373 g/mol. The molecule has 0 N–H and O–H groups in total. The molecule has 0 bridgehead atoms. The number of hydrogen-bond acceptors (Lipinski definition) is 4. The summed E-state index contributed by atoms with van der Waals surface area (Å²) in [6, 6.07) is 6.71. The Kier molecular flexibility index (Phi) is 7.07. The largest absolute Gasteiger partial charge is 0.309 e. The van der Waals surface area contributed by atoms with Crippen molar-refractivity contribution in [2.24, 2.45) is 0 Å². The predicted molar refractivity (Wildman–Crippen MR) is 99.0 cm³/mol. The quantitative estimate of drug-likeness (QED) is 0.736. The normalized spacial score (nSPS) is 20.0. The van der Waals surface area contributed by atoms with E-state index in [4.69, 9.17) is 11.6 Å². The zero-order valence-electron chi connectivity index (χ0n) is 14.8. The van der Waals surface area contributed by atoms with Crippen molar-refractivity contribution in [3.63, 3.8) is 0 Å². The summed E-state index contributed by atoms with van der Waals surface area (Å²) in [5, 5.41) is 0.547. The molecule has 0 aromatic heterocycles. The van der Waals surface area contributed by atoms with Gasteiger partial charge in [0.25, 0.3) is 0 Å². The molecule has 1 aliphatic heterocycles. The number of benzene rings is 1. The van der Waals surface area contributed by atoms with Crippen LogP contribution in [0.5, 0.6) is 0 Å². The van der Waals surface area contributed by atoms with Gasteiger partial charge in [-0.2, -0.15) is 4.31 Å². The van der Waals surface area contributed by atoms with Crippen molar-refractivity contribution in [3.8, 4) is 0 Å². The summed E-state index contributed by atoms with van der Waals surface area (Å²) in [5.74, 6) is 0. The Bertz CT molecular complexity index is 619. The van der Waals surface area contributed by atoms with E-state index in [9.17, 15) is 8.42 Å². The van der Waals surface area contributed by atoms with Crippen LogP contribution in [0, 0.1) is 0 Å². The molecule has 0 amide bonds. The van der Waals surface area contributed by atoms with Gasteiger partial charge in [-0.15, -0.1) is 0 Å². The third-order valence-corrected chi connectivity index (χ3v) is 6.68. The van der Waals surface area contributed by atoms with Gasteiger partial charge in [-0.05, 0) is 77.8 Å². The van der Waals surface area contributed by atoms with Crippen molar-refractivity contribution >= 4 is 21.6 Å². The topological polar surface area (TPSA) is 43.9 Å². The van der Waals surface area contributed by atoms with E-state index in [1.54, 1.807) is 28.6 Å². The van der Waals surface area contributed by atoms with E-state index in [-0.39, 0.29) is 6.04 Å². The van der Waals surface area contributed by atoms with Gasteiger partial charge in [0.1, 0.15) is 0 Å². The van der Waals surface area contributed by atoms with E-state index >= 15 is 0 Å². The molecule has 7 heteroatoms. The van der Waals surface area contributed by atoms with Gasteiger partial charge in [0.05, 0.1) is 4.90 Å². The fourth-order valence-corrected chi connectivity index (χ4v) is 4.72. The Labute approximate surface area is 151 Å². The van der Waals surface area contributed by atoms with Crippen molar-refractivity contribution in [1.29, 1.82) is 0 Å². The number of halogens is 1. The van der Waals surface area contributed by atoms with Crippen LogP contribution in [0.1, 0.15) is 19.3 Å². The van der Waals surface area contributed by atoms with E-state index < -0.39 is 10.0 Å². The van der Waals surface area contributed by atoms with Crippen LogP contribution in [0.15, 0.2) is 29.2 Å². The highest BCUT2D eigenvalue weighted by Gasteiger charge is 2.31. The summed E-state index contributed by atoms with van der Waals surface area (Å²) in [7, 11) is 2.80. The molecule has 0 spiro atoms. The van der Waals surface area contributed by atoms with E-state index in [0.717, 1.165) is 32.4 Å². The molecule has 0 saturated carbocycles. The molecule has 1 aromatic rings. The van der Waals surface area contributed by atoms with Crippen LogP contribution >= 0.6 is 11.6 Å². The minimum Gasteiger partial charge on any atom is -0.309 e. The van der Waals surface area contributed by atoms with E-state index in [1.807, 2.05) is 0 Å². The number of likely N-dealkylation sites (N-methyl/N-ethyl adjacent to an activating group) is 1. The van der Waals surface area contributed by atoms with Crippen LogP contribution in [0.25, 0.3) is 0 Å². The molecule has 1 atom stereocenters. The van der Waals surface area contributed by atoms with Crippen LogP contribution in [0.2, 0.25) is 5.02 Å².